The van der Waals surface area contributed by atoms with Crippen molar-refractivity contribution in [3.05, 3.63) is 60.2 Å². The molecule has 7 nitrogen and oxygen atoms in total. The van der Waals surface area contributed by atoms with Gasteiger partial charge in [0.05, 0.1) is 5.69 Å². The lowest BCUT2D eigenvalue weighted by Gasteiger charge is -2.26. The van der Waals surface area contributed by atoms with Crippen molar-refractivity contribution in [2.75, 3.05) is 6.54 Å². The number of aryl methyl sites for hydroxylation is 1. The molecule has 2 saturated heterocycles. The second-order valence-corrected chi connectivity index (χ2v) is 7.90. The number of fused-ring (bicyclic) bond motifs is 1. The first kappa shape index (κ1) is 17.8. The molecule has 0 bridgehead atoms. The summed E-state index contributed by atoms with van der Waals surface area (Å²) in [6.07, 6.45) is 2.18. The molecule has 2 fully saturated rings. The van der Waals surface area contributed by atoms with Gasteiger partial charge in [0, 0.05) is 24.2 Å². The molecular weight excluding hydrogens is 356 g/mol. The molecule has 5 unspecified atom stereocenters. The van der Waals surface area contributed by atoms with Crippen LogP contribution in [0, 0.1) is 6.92 Å². The smallest absolute Gasteiger partial charge is 0.164 e. The molecule has 5 rings (SSSR count). The van der Waals surface area contributed by atoms with Gasteiger partial charge in [0.2, 0.25) is 0 Å². The molecule has 4 heterocycles. The summed E-state index contributed by atoms with van der Waals surface area (Å²) in [7, 11) is 0. The molecule has 28 heavy (non-hydrogen) atoms. The predicted octanol–water partition coefficient (Wildman–Crippen LogP) is 1.33. The number of nitrogens with one attached hydrogen (secondary N) is 1. The fourth-order valence-electron chi connectivity index (χ4n) is 4.61. The second kappa shape index (κ2) is 6.63. The largest absolute Gasteiger partial charge is 0.387 e. The Bertz CT molecular complexity index is 992. The van der Waals surface area contributed by atoms with E-state index in [0.717, 1.165) is 17.5 Å². The highest BCUT2D eigenvalue weighted by molar-refractivity contribution is 5.78. The zero-order valence-corrected chi connectivity index (χ0v) is 15.7. The summed E-state index contributed by atoms with van der Waals surface area (Å²) < 4.78 is 8.14. The van der Waals surface area contributed by atoms with Crippen molar-refractivity contribution in [2.45, 2.75) is 49.8 Å². The number of hydrogen-bond acceptors (Lipinski definition) is 6. The van der Waals surface area contributed by atoms with Crippen LogP contribution in [0.5, 0.6) is 0 Å². The Hall–Kier alpha value is -2.32. The van der Waals surface area contributed by atoms with Gasteiger partial charge in [0.25, 0.3) is 0 Å². The number of aliphatic hydroxyl groups excluding tert-OH is 2. The number of aliphatic hydroxyl groups is 2. The molecule has 2 aromatic heterocycles. The zero-order valence-electron chi connectivity index (χ0n) is 15.7. The van der Waals surface area contributed by atoms with Gasteiger partial charge in [-0.15, -0.1) is 0 Å². The molecule has 2 aliphatic heterocycles. The van der Waals surface area contributed by atoms with Crippen LogP contribution in [-0.2, 0) is 11.2 Å². The SMILES string of the molecule is Cc1ncnc2c1ccn2C1OC2(CNC(Cc3ccccc3)C2)C(O)C1O. The standard InChI is InChI=1S/C21H24N4O3/c1-13-16-7-8-25(19(16)24-12-23-13)20-17(26)18(27)21(28-20)10-15(22-11-21)9-14-5-3-2-4-6-14/h2-8,12,15,17-18,20,22,26-27H,9-11H2,1H3. The van der Waals surface area contributed by atoms with Crippen LogP contribution in [0.25, 0.3) is 11.0 Å². The van der Waals surface area contributed by atoms with E-state index in [2.05, 4.69) is 27.4 Å². The molecule has 5 atom stereocenters. The number of hydrogen-bond donors (Lipinski definition) is 3. The Kier molecular flexibility index (Phi) is 4.21. The summed E-state index contributed by atoms with van der Waals surface area (Å²) in [4.78, 5) is 8.57. The van der Waals surface area contributed by atoms with E-state index >= 15 is 0 Å². The van der Waals surface area contributed by atoms with Crippen molar-refractivity contribution >= 4 is 11.0 Å². The van der Waals surface area contributed by atoms with Crippen LogP contribution in [0.4, 0.5) is 0 Å². The molecule has 0 radical (unpaired) electrons. The molecule has 0 amide bonds. The van der Waals surface area contributed by atoms with Gasteiger partial charge in [-0.1, -0.05) is 30.3 Å². The average molecular weight is 380 g/mol. The van der Waals surface area contributed by atoms with E-state index in [4.69, 9.17) is 4.74 Å². The Balaban J connectivity index is 1.40. The van der Waals surface area contributed by atoms with Gasteiger partial charge < -0.3 is 24.8 Å². The van der Waals surface area contributed by atoms with Gasteiger partial charge in [-0.2, -0.15) is 0 Å². The molecule has 3 N–H and O–H groups in total. The molecule has 3 aromatic rings. The Labute approximate surface area is 163 Å². The van der Waals surface area contributed by atoms with E-state index in [1.807, 2.05) is 37.4 Å². The summed E-state index contributed by atoms with van der Waals surface area (Å²) in [5.41, 5.74) is 2.01. The van der Waals surface area contributed by atoms with Crippen LogP contribution in [0.3, 0.4) is 0 Å². The van der Waals surface area contributed by atoms with Crippen LogP contribution >= 0.6 is 0 Å². The Morgan fingerprint density at radius 2 is 2.04 bits per heavy atom. The summed E-state index contributed by atoms with van der Waals surface area (Å²) in [5.74, 6) is 0. The summed E-state index contributed by atoms with van der Waals surface area (Å²) in [6, 6.07) is 12.4. The zero-order chi connectivity index (χ0) is 19.3. The highest BCUT2D eigenvalue weighted by atomic mass is 16.6. The molecule has 1 spiro atoms. The molecular formula is C21H24N4O3. The molecule has 0 aliphatic carbocycles. The number of ether oxygens (including phenoxy) is 1. The van der Waals surface area contributed by atoms with Crippen LogP contribution in [0.1, 0.15) is 23.9 Å². The minimum atomic E-state index is -1.02. The lowest BCUT2D eigenvalue weighted by atomic mass is 9.90. The monoisotopic (exact) mass is 380 g/mol. The Morgan fingerprint density at radius 1 is 1.21 bits per heavy atom. The maximum Gasteiger partial charge on any atom is 0.164 e. The lowest BCUT2D eigenvalue weighted by molar-refractivity contribution is -0.0911. The van der Waals surface area contributed by atoms with Gasteiger partial charge in [0.1, 0.15) is 29.8 Å². The van der Waals surface area contributed by atoms with Crippen molar-refractivity contribution in [3.8, 4) is 0 Å². The van der Waals surface area contributed by atoms with Crippen molar-refractivity contribution in [1.82, 2.24) is 19.9 Å². The van der Waals surface area contributed by atoms with Crippen LogP contribution < -0.4 is 5.32 Å². The molecule has 2 aliphatic rings. The third-order valence-electron chi connectivity index (χ3n) is 6.10. The summed E-state index contributed by atoms with van der Waals surface area (Å²) in [5, 5.41) is 26.0. The van der Waals surface area contributed by atoms with E-state index in [0.29, 0.717) is 18.6 Å². The topological polar surface area (TPSA) is 92.4 Å². The fraction of sp³-hybridized carbons (Fsp3) is 0.429. The minimum absolute atomic E-state index is 0.189. The number of nitrogens with zero attached hydrogens (tertiary/aromatic N) is 3. The fourth-order valence-corrected chi connectivity index (χ4v) is 4.61. The molecule has 146 valence electrons. The van der Waals surface area contributed by atoms with Crippen molar-refractivity contribution in [2.24, 2.45) is 0 Å². The number of aromatic nitrogens is 3. The first-order valence-corrected chi connectivity index (χ1v) is 9.67. The van der Waals surface area contributed by atoms with Crippen LogP contribution in [0.2, 0.25) is 0 Å². The maximum absolute atomic E-state index is 10.9. The van der Waals surface area contributed by atoms with Gasteiger partial charge in [-0.3, -0.25) is 0 Å². The van der Waals surface area contributed by atoms with Crippen molar-refractivity contribution in [3.63, 3.8) is 0 Å². The normalized spacial score (nSPS) is 32.5. The van der Waals surface area contributed by atoms with E-state index in [-0.39, 0.29) is 6.04 Å². The van der Waals surface area contributed by atoms with Gasteiger partial charge >= 0.3 is 0 Å². The van der Waals surface area contributed by atoms with E-state index in [1.54, 1.807) is 4.57 Å². The molecule has 0 saturated carbocycles. The van der Waals surface area contributed by atoms with E-state index in [9.17, 15) is 10.2 Å². The summed E-state index contributed by atoms with van der Waals surface area (Å²) >= 11 is 0. The lowest BCUT2D eigenvalue weighted by Crippen LogP contribution is -2.44. The van der Waals surface area contributed by atoms with Gasteiger partial charge in [-0.05, 0) is 31.4 Å². The summed E-state index contributed by atoms with van der Waals surface area (Å²) in [6.45, 7) is 2.43. The molecule has 1 aromatic carbocycles. The Morgan fingerprint density at radius 3 is 2.86 bits per heavy atom. The second-order valence-electron chi connectivity index (χ2n) is 7.90. The van der Waals surface area contributed by atoms with Crippen molar-refractivity contribution < 1.29 is 14.9 Å². The van der Waals surface area contributed by atoms with Crippen molar-refractivity contribution in [1.29, 1.82) is 0 Å². The molecule has 7 heteroatoms. The number of rotatable bonds is 3. The number of benzene rings is 1. The minimum Gasteiger partial charge on any atom is -0.387 e. The maximum atomic E-state index is 10.9. The third-order valence-corrected chi connectivity index (χ3v) is 6.10. The van der Waals surface area contributed by atoms with E-state index in [1.165, 1.54) is 11.9 Å². The van der Waals surface area contributed by atoms with E-state index < -0.39 is 24.0 Å². The first-order valence-electron chi connectivity index (χ1n) is 9.67. The van der Waals surface area contributed by atoms with Gasteiger partial charge in [-0.25, -0.2) is 9.97 Å². The quantitative estimate of drug-likeness (QED) is 0.635. The van der Waals surface area contributed by atoms with Crippen LogP contribution in [-0.4, -0.2) is 55.1 Å². The average Bonchev–Trinajstić information content (AvgIpc) is 3.37. The predicted molar refractivity (Wildman–Crippen MR) is 104 cm³/mol. The van der Waals surface area contributed by atoms with Gasteiger partial charge in [0.15, 0.2) is 6.23 Å². The highest BCUT2D eigenvalue weighted by Gasteiger charge is 2.57. The highest BCUT2D eigenvalue weighted by Crippen LogP contribution is 2.43. The first-order chi connectivity index (χ1) is 13.6. The van der Waals surface area contributed by atoms with Crippen LogP contribution in [0.15, 0.2) is 48.9 Å². The third kappa shape index (κ3) is 2.74.